The average molecular weight is 219 g/mol. The van der Waals surface area contributed by atoms with Gasteiger partial charge in [0.1, 0.15) is 0 Å². The number of thioether (sulfide) groups is 2. The number of piperidine rings is 1. The largest absolute Gasteiger partial charge is 0.291 e. The van der Waals surface area contributed by atoms with Crippen LogP contribution in [0.25, 0.3) is 0 Å². The number of nitrogens with zero attached hydrogens (tertiary/aromatic N) is 1. The maximum atomic E-state index is 2.65. The van der Waals surface area contributed by atoms with E-state index in [1.165, 1.54) is 31.7 Å². The van der Waals surface area contributed by atoms with Gasteiger partial charge in [0, 0.05) is 5.75 Å². The lowest BCUT2D eigenvalue weighted by Gasteiger charge is -2.35. The standard InChI is InChI=1S/C10H21NS2/c1-9-4-6-11(7-5-9)10(13-3)8-12-2/h9-10H,4-8H2,1-3H3. The van der Waals surface area contributed by atoms with Gasteiger partial charge in [0.15, 0.2) is 0 Å². The Morgan fingerprint density at radius 2 is 1.92 bits per heavy atom. The number of hydrogen-bond acceptors (Lipinski definition) is 3. The molecule has 0 radical (unpaired) electrons. The molecule has 1 atom stereocenters. The first-order valence-corrected chi connectivity index (χ1v) is 7.72. The third-order valence-electron chi connectivity index (χ3n) is 2.81. The third kappa shape index (κ3) is 3.72. The summed E-state index contributed by atoms with van der Waals surface area (Å²) in [4.78, 5) is 2.65. The maximum absolute atomic E-state index is 2.65. The van der Waals surface area contributed by atoms with Crippen molar-refractivity contribution in [3.8, 4) is 0 Å². The van der Waals surface area contributed by atoms with Crippen molar-refractivity contribution >= 4 is 23.5 Å². The molecule has 1 saturated heterocycles. The molecule has 0 aromatic heterocycles. The first kappa shape index (κ1) is 11.7. The Morgan fingerprint density at radius 3 is 2.38 bits per heavy atom. The lowest BCUT2D eigenvalue weighted by Crippen LogP contribution is -2.40. The van der Waals surface area contributed by atoms with Gasteiger partial charge in [-0.15, -0.1) is 11.8 Å². The molecule has 1 unspecified atom stereocenters. The summed E-state index contributed by atoms with van der Waals surface area (Å²) in [6.45, 7) is 5.00. The molecule has 0 N–H and O–H groups in total. The number of likely N-dealkylation sites (tertiary alicyclic amines) is 1. The van der Waals surface area contributed by atoms with Crippen LogP contribution < -0.4 is 0 Å². The molecular formula is C10H21NS2. The molecule has 13 heavy (non-hydrogen) atoms. The molecule has 0 aromatic carbocycles. The van der Waals surface area contributed by atoms with Crippen molar-refractivity contribution in [2.75, 3.05) is 31.4 Å². The summed E-state index contributed by atoms with van der Waals surface area (Å²) >= 11 is 3.97. The van der Waals surface area contributed by atoms with E-state index in [0.29, 0.717) is 0 Å². The van der Waals surface area contributed by atoms with Crippen LogP contribution in [0.3, 0.4) is 0 Å². The highest BCUT2D eigenvalue weighted by Crippen LogP contribution is 2.23. The number of hydrogen-bond donors (Lipinski definition) is 0. The first-order chi connectivity index (χ1) is 6.27. The lowest BCUT2D eigenvalue weighted by atomic mass is 9.99. The molecule has 1 aliphatic heterocycles. The summed E-state index contributed by atoms with van der Waals surface area (Å²) in [6.07, 6.45) is 7.23. The Balaban J connectivity index is 2.32. The second-order valence-electron chi connectivity index (χ2n) is 3.86. The van der Waals surface area contributed by atoms with Crippen LogP contribution in [-0.2, 0) is 0 Å². The molecular weight excluding hydrogens is 198 g/mol. The van der Waals surface area contributed by atoms with Crippen LogP contribution >= 0.6 is 23.5 Å². The van der Waals surface area contributed by atoms with E-state index in [1.54, 1.807) is 0 Å². The van der Waals surface area contributed by atoms with E-state index in [4.69, 9.17) is 0 Å². The van der Waals surface area contributed by atoms with E-state index in [9.17, 15) is 0 Å². The molecule has 1 aliphatic rings. The van der Waals surface area contributed by atoms with Crippen molar-refractivity contribution in [1.29, 1.82) is 0 Å². The van der Waals surface area contributed by atoms with Crippen molar-refractivity contribution in [2.24, 2.45) is 5.92 Å². The molecule has 0 spiro atoms. The van der Waals surface area contributed by atoms with Crippen LogP contribution in [0.5, 0.6) is 0 Å². The SMILES string of the molecule is CSCC(SC)N1CCC(C)CC1. The first-order valence-electron chi connectivity index (χ1n) is 5.03. The van der Waals surface area contributed by atoms with Crippen molar-refractivity contribution in [3.63, 3.8) is 0 Å². The van der Waals surface area contributed by atoms with Gasteiger partial charge in [-0.1, -0.05) is 6.92 Å². The molecule has 1 fully saturated rings. The second-order valence-corrected chi connectivity index (χ2v) is 5.79. The van der Waals surface area contributed by atoms with E-state index >= 15 is 0 Å². The number of rotatable bonds is 4. The summed E-state index contributed by atoms with van der Waals surface area (Å²) in [5.74, 6) is 2.23. The highest BCUT2D eigenvalue weighted by molar-refractivity contribution is 8.02. The molecule has 0 saturated carbocycles. The third-order valence-corrected chi connectivity index (χ3v) is 4.68. The summed E-state index contributed by atoms with van der Waals surface area (Å²) in [5.41, 5.74) is 0. The highest BCUT2D eigenvalue weighted by Gasteiger charge is 2.21. The van der Waals surface area contributed by atoms with Gasteiger partial charge in [-0.05, 0) is 44.4 Å². The van der Waals surface area contributed by atoms with Crippen LogP contribution in [0.2, 0.25) is 0 Å². The normalized spacial score (nSPS) is 23.3. The molecule has 1 rings (SSSR count). The Bertz CT molecular complexity index is 133. The average Bonchev–Trinajstić information content (AvgIpc) is 2.16. The summed E-state index contributed by atoms with van der Waals surface area (Å²) in [5, 5.41) is 0.752. The zero-order valence-corrected chi connectivity index (χ0v) is 10.6. The van der Waals surface area contributed by atoms with Gasteiger partial charge in [0.2, 0.25) is 0 Å². The smallest absolute Gasteiger partial charge is 0.0645 e. The second kappa shape index (κ2) is 6.20. The monoisotopic (exact) mass is 219 g/mol. The molecule has 0 amide bonds. The van der Waals surface area contributed by atoms with Gasteiger partial charge < -0.3 is 0 Å². The van der Waals surface area contributed by atoms with Crippen molar-refractivity contribution in [2.45, 2.75) is 25.1 Å². The van der Waals surface area contributed by atoms with Gasteiger partial charge in [0.05, 0.1) is 5.37 Å². The summed E-state index contributed by atoms with van der Waals surface area (Å²) in [6, 6.07) is 0. The molecule has 0 aromatic rings. The van der Waals surface area contributed by atoms with Crippen LogP contribution in [-0.4, -0.2) is 41.6 Å². The molecule has 0 bridgehead atoms. The zero-order valence-electron chi connectivity index (χ0n) is 8.95. The summed E-state index contributed by atoms with van der Waals surface area (Å²) in [7, 11) is 0. The zero-order chi connectivity index (χ0) is 9.68. The van der Waals surface area contributed by atoms with Crippen LogP contribution in [0.15, 0.2) is 0 Å². The van der Waals surface area contributed by atoms with E-state index in [1.807, 2.05) is 23.5 Å². The van der Waals surface area contributed by atoms with Crippen LogP contribution in [0.4, 0.5) is 0 Å². The fourth-order valence-corrected chi connectivity index (χ4v) is 3.74. The Morgan fingerprint density at radius 1 is 1.31 bits per heavy atom. The minimum Gasteiger partial charge on any atom is -0.291 e. The maximum Gasteiger partial charge on any atom is 0.0645 e. The van der Waals surface area contributed by atoms with Gasteiger partial charge in [-0.2, -0.15) is 11.8 Å². The van der Waals surface area contributed by atoms with Crippen LogP contribution in [0.1, 0.15) is 19.8 Å². The minimum absolute atomic E-state index is 0.752. The topological polar surface area (TPSA) is 3.24 Å². The van der Waals surface area contributed by atoms with Crippen molar-refractivity contribution in [3.05, 3.63) is 0 Å². The van der Waals surface area contributed by atoms with Gasteiger partial charge in [0.25, 0.3) is 0 Å². The lowest BCUT2D eigenvalue weighted by molar-refractivity contribution is 0.189. The summed E-state index contributed by atoms with van der Waals surface area (Å²) < 4.78 is 0. The van der Waals surface area contributed by atoms with Gasteiger partial charge in [-0.25, -0.2) is 0 Å². The predicted octanol–water partition coefficient (Wildman–Crippen LogP) is 2.77. The quantitative estimate of drug-likeness (QED) is 0.716. The van der Waals surface area contributed by atoms with Crippen LogP contribution in [0, 0.1) is 5.92 Å². The molecule has 78 valence electrons. The van der Waals surface area contributed by atoms with E-state index in [0.717, 1.165) is 11.3 Å². The Labute approximate surface area is 91.0 Å². The minimum atomic E-state index is 0.752. The fourth-order valence-electron chi connectivity index (χ4n) is 1.78. The van der Waals surface area contributed by atoms with Gasteiger partial charge >= 0.3 is 0 Å². The molecule has 1 heterocycles. The van der Waals surface area contributed by atoms with Crippen molar-refractivity contribution < 1.29 is 0 Å². The Hall–Kier alpha value is 0.660. The van der Waals surface area contributed by atoms with Gasteiger partial charge in [-0.3, -0.25) is 4.90 Å². The van der Waals surface area contributed by atoms with E-state index < -0.39 is 0 Å². The Kier molecular flexibility index (Phi) is 5.60. The fraction of sp³-hybridized carbons (Fsp3) is 1.00. The van der Waals surface area contributed by atoms with E-state index in [-0.39, 0.29) is 0 Å². The van der Waals surface area contributed by atoms with Crippen molar-refractivity contribution in [1.82, 2.24) is 4.90 Å². The molecule has 0 aliphatic carbocycles. The predicted molar refractivity (Wildman–Crippen MR) is 65.7 cm³/mol. The molecule has 1 nitrogen and oxygen atoms in total. The molecule has 3 heteroatoms. The highest BCUT2D eigenvalue weighted by atomic mass is 32.2. The van der Waals surface area contributed by atoms with E-state index in [2.05, 4.69) is 24.3 Å².